The van der Waals surface area contributed by atoms with Crippen LogP contribution in [0.3, 0.4) is 0 Å². The third-order valence-electron chi connectivity index (χ3n) is 3.59. The number of aryl methyl sites for hydroxylation is 2. The summed E-state index contributed by atoms with van der Waals surface area (Å²) in [5, 5.41) is 9.63. The van der Waals surface area contributed by atoms with Crippen LogP contribution in [0.4, 0.5) is 0 Å². The van der Waals surface area contributed by atoms with E-state index in [1.54, 1.807) is 11.8 Å². The number of pyridine rings is 1. The molecular weight excluding hydrogens is 292 g/mol. The first-order valence-corrected chi connectivity index (χ1v) is 8.21. The average Bonchev–Trinajstić information content (AvgIpc) is 2.90. The van der Waals surface area contributed by atoms with Gasteiger partial charge in [-0.3, -0.25) is 4.98 Å². The highest BCUT2D eigenvalue weighted by Gasteiger charge is 2.12. The molecular formula is C17H18N4S. The van der Waals surface area contributed by atoms with Crippen LogP contribution in [0.2, 0.25) is 0 Å². The summed E-state index contributed by atoms with van der Waals surface area (Å²) in [7, 11) is 2.02. The molecule has 0 aliphatic heterocycles. The van der Waals surface area contributed by atoms with Crippen molar-refractivity contribution in [3.63, 3.8) is 0 Å². The van der Waals surface area contributed by atoms with Gasteiger partial charge in [-0.2, -0.15) is 0 Å². The Morgan fingerprint density at radius 3 is 2.59 bits per heavy atom. The Bertz CT molecular complexity index is 752. The second-order valence-electron chi connectivity index (χ2n) is 5.13. The van der Waals surface area contributed by atoms with E-state index in [0.29, 0.717) is 0 Å². The van der Waals surface area contributed by atoms with Gasteiger partial charge < -0.3 is 4.57 Å². The van der Waals surface area contributed by atoms with E-state index in [9.17, 15) is 0 Å². The van der Waals surface area contributed by atoms with Crippen LogP contribution in [0, 0.1) is 6.92 Å². The largest absolute Gasteiger partial charge is 0.305 e. The van der Waals surface area contributed by atoms with Crippen LogP contribution in [0.25, 0.3) is 11.4 Å². The van der Waals surface area contributed by atoms with E-state index in [4.69, 9.17) is 0 Å². The summed E-state index contributed by atoms with van der Waals surface area (Å²) in [6, 6.07) is 12.4. The number of rotatable bonds is 5. The summed E-state index contributed by atoms with van der Waals surface area (Å²) >= 11 is 1.73. The molecule has 0 unspecified atom stereocenters. The fourth-order valence-corrected chi connectivity index (χ4v) is 3.21. The van der Waals surface area contributed by atoms with Crippen molar-refractivity contribution in [2.24, 2.45) is 7.05 Å². The summed E-state index contributed by atoms with van der Waals surface area (Å²) in [5.74, 6) is 1.90. The lowest BCUT2D eigenvalue weighted by molar-refractivity contribution is 0.793. The highest BCUT2D eigenvalue weighted by Crippen LogP contribution is 2.25. The number of hydrogen-bond donors (Lipinski definition) is 0. The minimum absolute atomic E-state index is 0.921. The van der Waals surface area contributed by atoms with Gasteiger partial charge in [-0.1, -0.05) is 36.0 Å². The first-order valence-electron chi connectivity index (χ1n) is 7.23. The van der Waals surface area contributed by atoms with Crippen LogP contribution in [0.1, 0.15) is 11.1 Å². The molecule has 3 rings (SSSR count). The first kappa shape index (κ1) is 14.8. The van der Waals surface area contributed by atoms with Gasteiger partial charge in [-0.05, 0) is 36.6 Å². The Morgan fingerprint density at radius 2 is 1.82 bits per heavy atom. The number of hydrogen-bond acceptors (Lipinski definition) is 4. The smallest absolute Gasteiger partial charge is 0.191 e. The number of thioether (sulfide) groups is 1. The van der Waals surface area contributed by atoms with Crippen LogP contribution in [0.15, 0.2) is 53.9 Å². The lowest BCUT2D eigenvalue weighted by Crippen LogP contribution is -1.97. The highest BCUT2D eigenvalue weighted by molar-refractivity contribution is 7.99. The van der Waals surface area contributed by atoms with E-state index in [1.807, 2.05) is 31.6 Å². The Morgan fingerprint density at radius 1 is 1.05 bits per heavy atom. The predicted octanol–water partition coefficient (Wildman–Crippen LogP) is 3.52. The molecule has 0 atom stereocenters. The van der Waals surface area contributed by atoms with E-state index in [1.165, 1.54) is 11.1 Å². The molecule has 2 heterocycles. The average molecular weight is 310 g/mol. The SMILES string of the molecule is Cc1ccccc1-c1nnc(SCCc2ccncc2)n1C. The second-order valence-corrected chi connectivity index (χ2v) is 6.20. The molecule has 3 aromatic rings. The molecule has 112 valence electrons. The van der Waals surface area contributed by atoms with E-state index >= 15 is 0 Å². The van der Waals surface area contributed by atoms with Crippen LogP contribution in [-0.2, 0) is 13.5 Å². The normalized spacial score (nSPS) is 10.8. The maximum atomic E-state index is 4.35. The molecule has 0 amide bonds. The number of benzene rings is 1. The minimum atomic E-state index is 0.921. The second kappa shape index (κ2) is 6.75. The van der Waals surface area contributed by atoms with Gasteiger partial charge in [0.15, 0.2) is 11.0 Å². The van der Waals surface area contributed by atoms with Crippen LogP contribution in [0.5, 0.6) is 0 Å². The zero-order valence-electron chi connectivity index (χ0n) is 12.7. The summed E-state index contributed by atoms with van der Waals surface area (Å²) in [6.07, 6.45) is 4.66. The maximum absolute atomic E-state index is 4.35. The molecule has 1 aromatic carbocycles. The molecule has 22 heavy (non-hydrogen) atoms. The van der Waals surface area contributed by atoms with E-state index < -0.39 is 0 Å². The molecule has 0 spiro atoms. The zero-order chi connectivity index (χ0) is 15.4. The topological polar surface area (TPSA) is 43.6 Å². The van der Waals surface area contributed by atoms with E-state index in [-0.39, 0.29) is 0 Å². The summed E-state index contributed by atoms with van der Waals surface area (Å²) in [4.78, 5) is 4.04. The molecule has 0 aliphatic rings. The Kier molecular flexibility index (Phi) is 4.53. The van der Waals surface area contributed by atoms with Gasteiger partial charge in [0.1, 0.15) is 0 Å². The quantitative estimate of drug-likeness (QED) is 0.676. The molecule has 4 nitrogen and oxygen atoms in total. The van der Waals surface area contributed by atoms with Gasteiger partial charge in [0, 0.05) is 30.8 Å². The Hall–Kier alpha value is -2.14. The summed E-state index contributed by atoms with van der Waals surface area (Å²) < 4.78 is 2.07. The standard InChI is InChI=1S/C17H18N4S/c1-13-5-3-4-6-15(13)16-19-20-17(21(16)2)22-12-9-14-7-10-18-11-8-14/h3-8,10-11H,9,12H2,1-2H3. The van der Waals surface area contributed by atoms with Gasteiger partial charge >= 0.3 is 0 Å². The molecule has 0 bridgehead atoms. The third-order valence-corrected chi connectivity index (χ3v) is 4.61. The highest BCUT2D eigenvalue weighted by atomic mass is 32.2. The number of nitrogens with zero attached hydrogens (tertiary/aromatic N) is 4. The van der Waals surface area contributed by atoms with Gasteiger partial charge in [0.25, 0.3) is 0 Å². The van der Waals surface area contributed by atoms with Gasteiger partial charge in [-0.25, -0.2) is 0 Å². The summed E-state index contributed by atoms with van der Waals surface area (Å²) in [5.41, 5.74) is 3.65. The van der Waals surface area contributed by atoms with E-state index in [0.717, 1.165) is 28.7 Å². The minimum Gasteiger partial charge on any atom is -0.305 e. The first-order chi connectivity index (χ1) is 10.8. The molecule has 0 N–H and O–H groups in total. The third kappa shape index (κ3) is 3.20. The molecule has 0 saturated heterocycles. The van der Waals surface area contributed by atoms with Crippen molar-refractivity contribution < 1.29 is 0 Å². The van der Waals surface area contributed by atoms with E-state index in [2.05, 4.69) is 50.9 Å². The van der Waals surface area contributed by atoms with Crippen LogP contribution >= 0.6 is 11.8 Å². The Labute approximate surface area is 134 Å². The van der Waals surface area contributed by atoms with Crippen molar-refractivity contribution in [3.8, 4) is 11.4 Å². The molecule has 0 aliphatic carbocycles. The predicted molar refractivity (Wildman–Crippen MR) is 89.8 cm³/mol. The number of aromatic nitrogens is 4. The Balaban J connectivity index is 1.70. The van der Waals surface area contributed by atoms with Crippen LogP contribution in [-0.4, -0.2) is 25.5 Å². The van der Waals surface area contributed by atoms with Crippen molar-refractivity contribution in [3.05, 3.63) is 59.9 Å². The lowest BCUT2D eigenvalue weighted by Gasteiger charge is -2.06. The molecule has 0 radical (unpaired) electrons. The van der Waals surface area contributed by atoms with Crippen molar-refractivity contribution >= 4 is 11.8 Å². The monoisotopic (exact) mass is 310 g/mol. The van der Waals surface area contributed by atoms with Crippen molar-refractivity contribution in [1.82, 2.24) is 19.7 Å². The lowest BCUT2D eigenvalue weighted by atomic mass is 10.1. The fraction of sp³-hybridized carbons (Fsp3) is 0.235. The van der Waals surface area contributed by atoms with Crippen molar-refractivity contribution in [2.75, 3.05) is 5.75 Å². The van der Waals surface area contributed by atoms with Gasteiger partial charge in [-0.15, -0.1) is 10.2 Å². The van der Waals surface area contributed by atoms with Gasteiger partial charge in [0.05, 0.1) is 0 Å². The summed E-state index contributed by atoms with van der Waals surface area (Å²) in [6.45, 7) is 2.10. The maximum Gasteiger partial charge on any atom is 0.191 e. The molecule has 0 saturated carbocycles. The van der Waals surface area contributed by atoms with Crippen molar-refractivity contribution in [1.29, 1.82) is 0 Å². The van der Waals surface area contributed by atoms with Gasteiger partial charge in [0.2, 0.25) is 0 Å². The molecule has 5 heteroatoms. The zero-order valence-corrected chi connectivity index (χ0v) is 13.5. The van der Waals surface area contributed by atoms with Crippen molar-refractivity contribution in [2.45, 2.75) is 18.5 Å². The molecule has 2 aromatic heterocycles. The fourth-order valence-electron chi connectivity index (χ4n) is 2.31. The molecule has 0 fully saturated rings. The van der Waals surface area contributed by atoms with Crippen LogP contribution < -0.4 is 0 Å².